The van der Waals surface area contributed by atoms with Crippen LogP contribution in [-0.4, -0.2) is 0 Å². The molecule has 0 heterocycles. The Kier molecular flexibility index (Phi) is 1.18. The van der Waals surface area contributed by atoms with Gasteiger partial charge in [0, 0.05) is 0 Å². The topological polar surface area (TPSA) is 0 Å². The number of fused-ring (bicyclic) bond motifs is 1. The Morgan fingerprint density at radius 2 is 1.83 bits per heavy atom. The highest BCUT2D eigenvalue weighted by Gasteiger charge is 2.62. The van der Waals surface area contributed by atoms with Crippen molar-refractivity contribution in [2.24, 2.45) is 35.0 Å². The van der Waals surface area contributed by atoms with Crippen molar-refractivity contribution < 1.29 is 0 Å². The summed E-state index contributed by atoms with van der Waals surface area (Å²) >= 11 is 0. The zero-order chi connectivity index (χ0) is 8.51. The maximum Gasteiger partial charge on any atom is -0.0289 e. The Bertz CT molecular complexity index is 212. The smallest absolute Gasteiger partial charge is 0.0289 e. The summed E-state index contributed by atoms with van der Waals surface area (Å²) in [5, 5.41) is 0. The monoisotopic (exact) mass is 164 g/mol. The van der Waals surface area contributed by atoms with E-state index in [2.05, 4.69) is 20.8 Å². The Balaban J connectivity index is 1.97. The molecule has 3 aliphatic carbocycles. The van der Waals surface area contributed by atoms with Gasteiger partial charge in [-0.1, -0.05) is 20.8 Å². The second kappa shape index (κ2) is 1.91. The maximum atomic E-state index is 2.54. The van der Waals surface area contributed by atoms with E-state index >= 15 is 0 Å². The van der Waals surface area contributed by atoms with Crippen LogP contribution in [0.2, 0.25) is 0 Å². The minimum atomic E-state index is 0.800. The number of hydrogen-bond donors (Lipinski definition) is 0. The quantitative estimate of drug-likeness (QED) is 0.515. The summed E-state index contributed by atoms with van der Waals surface area (Å²) in [7, 11) is 0. The first kappa shape index (κ1) is 7.41. The lowest BCUT2D eigenvalue weighted by molar-refractivity contribution is -0.0474. The average molecular weight is 164 g/mol. The minimum absolute atomic E-state index is 0.800. The molecule has 0 amide bonds. The van der Waals surface area contributed by atoms with Crippen molar-refractivity contribution in [3.8, 4) is 0 Å². The lowest BCUT2D eigenvalue weighted by Gasteiger charge is -2.53. The zero-order valence-corrected chi connectivity index (χ0v) is 8.51. The summed E-state index contributed by atoms with van der Waals surface area (Å²) in [5.41, 5.74) is 0.800. The third-order valence-electron chi connectivity index (χ3n) is 5.65. The molecule has 3 saturated carbocycles. The number of hydrogen-bond acceptors (Lipinski definition) is 0. The molecule has 68 valence electrons. The van der Waals surface area contributed by atoms with Gasteiger partial charge >= 0.3 is 0 Å². The van der Waals surface area contributed by atoms with Crippen molar-refractivity contribution in [3.05, 3.63) is 0 Å². The normalized spacial score (nSPS) is 67.8. The molecule has 0 aromatic heterocycles. The van der Waals surface area contributed by atoms with Crippen LogP contribution in [0.5, 0.6) is 0 Å². The Labute approximate surface area is 75.7 Å². The van der Waals surface area contributed by atoms with Gasteiger partial charge in [-0.25, -0.2) is 0 Å². The molecule has 0 aromatic rings. The van der Waals surface area contributed by atoms with Gasteiger partial charge in [-0.15, -0.1) is 0 Å². The van der Waals surface area contributed by atoms with Gasteiger partial charge < -0.3 is 0 Å². The van der Waals surface area contributed by atoms with E-state index in [1.807, 2.05) is 0 Å². The molecule has 0 N–H and O–H groups in total. The van der Waals surface area contributed by atoms with Crippen molar-refractivity contribution in [2.45, 2.75) is 40.0 Å². The van der Waals surface area contributed by atoms with E-state index < -0.39 is 0 Å². The molecule has 0 aliphatic heterocycles. The third kappa shape index (κ3) is 0.625. The van der Waals surface area contributed by atoms with Crippen LogP contribution in [0.15, 0.2) is 0 Å². The summed E-state index contributed by atoms with van der Waals surface area (Å²) in [6.45, 7) is 7.54. The van der Waals surface area contributed by atoms with Crippen LogP contribution in [-0.2, 0) is 0 Å². The van der Waals surface area contributed by atoms with Gasteiger partial charge in [0.25, 0.3) is 0 Å². The van der Waals surface area contributed by atoms with Crippen LogP contribution in [0.4, 0.5) is 0 Å². The van der Waals surface area contributed by atoms with Gasteiger partial charge in [-0.3, -0.25) is 0 Å². The molecule has 0 spiro atoms. The molecule has 6 atom stereocenters. The van der Waals surface area contributed by atoms with Crippen LogP contribution < -0.4 is 0 Å². The third-order valence-corrected chi connectivity index (χ3v) is 5.65. The van der Waals surface area contributed by atoms with Crippen LogP contribution in [0.1, 0.15) is 40.0 Å². The van der Waals surface area contributed by atoms with E-state index in [0.29, 0.717) is 0 Å². The highest BCUT2D eigenvalue weighted by atomic mass is 14.7. The Hall–Kier alpha value is 0. The van der Waals surface area contributed by atoms with E-state index in [1.54, 1.807) is 19.3 Å². The van der Waals surface area contributed by atoms with Crippen LogP contribution in [0.3, 0.4) is 0 Å². The fraction of sp³-hybridized carbons (Fsp3) is 1.00. The Morgan fingerprint density at radius 1 is 1.08 bits per heavy atom. The summed E-state index contributed by atoms with van der Waals surface area (Å²) < 4.78 is 0. The minimum Gasteiger partial charge on any atom is -0.0620 e. The second-order valence-corrected chi connectivity index (χ2v) is 6.05. The van der Waals surface area contributed by atoms with E-state index in [9.17, 15) is 0 Å². The highest BCUT2D eigenvalue weighted by Crippen LogP contribution is 2.70. The first-order valence-corrected chi connectivity index (χ1v) is 5.62. The average Bonchev–Trinajstić information content (AvgIpc) is 2.18. The first-order chi connectivity index (χ1) is 5.62. The molecule has 3 fully saturated rings. The van der Waals surface area contributed by atoms with Crippen LogP contribution >= 0.6 is 0 Å². The lowest BCUT2D eigenvalue weighted by atomic mass is 9.51. The molecule has 12 heavy (non-hydrogen) atoms. The zero-order valence-electron chi connectivity index (χ0n) is 8.51. The van der Waals surface area contributed by atoms with E-state index in [0.717, 1.165) is 35.0 Å². The fourth-order valence-corrected chi connectivity index (χ4v) is 4.66. The van der Waals surface area contributed by atoms with Crippen molar-refractivity contribution in [2.75, 3.05) is 0 Å². The van der Waals surface area contributed by atoms with Crippen molar-refractivity contribution in [3.63, 3.8) is 0 Å². The molecular formula is C12H20. The highest BCUT2D eigenvalue weighted by molar-refractivity contribution is 5.11. The molecule has 6 unspecified atom stereocenters. The van der Waals surface area contributed by atoms with Crippen molar-refractivity contribution >= 4 is 0 Å². The van der Waals surface area contributed by atoms with E-state index in [-0.39, 0.29) is 0 Å². The second-order valence-electron chi connectivity index (χ2n) is 6.05. The molecule has 2 bridgehead atoms. The van der Waals surface area contributed by atoms with Gasteiger partial charge in [-0.2, -0.15) is 0 Å². The van der Waals surface area contributed by atoms with E-state index in [4.69, 9.17) is 0 Å². The van der Waals surface area contributed by atoms with Gasteiger partial charge in [0.1, 0.15) is 0 Å². The molecule has 3 rings (SSSR count). The predicted molar refractivity (Wildman–Crippen MR) is 50.8 cm³/mol. The summed E-state index contributed by atoms with van der Waals surface area (Å²) in [6, 6.07) is 0. The predicted octanol–water partition coefficient (Wildman–Crippen LogP) is 3.32. The van der Waals surface area contributed by atoms with Crippen molar-refractivity contribution in [1.82, 2.24) is 0 Å². The van der Waals surface area contributed by atoms with Crippen molar-refractivity contribution in [1.29, 1.82) is 0 Å². The van der Waals surface area contributed by atoms with E-state index in [1.165, 1.54) is 0 Å². The molecule has 0 nitrogen and oxygen atoms in total. The maximum absolute atomic E-state index is 2.54. The first-order valence-electron chi connectivity index (χ1n) is 5.62. The molecule has 0 heteroatoms. The van der Waals surface area contributed by atoms with Gasteiger partial charge in [-0.05, 0) is 54.3 Å². The fourth-order valence-electron chi connectivity index (χ4n) is 4.66. The largest absolute Gasteiger partial charge is 0.0620 e. The number of rotatable bonds is 0. The van der Waals surface area contributed by atoms with Gasteiger partial charge in [0.15, 0.2) is 0 Å². The SMILES string of the molecule is CC1C2CC3C(CC3(C)C2)C1C. The van der Waals surface area contributed by atoms with Crippen LogP contribution in [0.25, 0.3) is 0 Å². The molecular weight excluding hydrogens is 144 g/mol. The molecule has 3 aliphatic rings. The molecule has 0 saturated heterocycles. The summed E-state index contributed by atoms with van der Waals surface area (Å²) in [6.07, 6.45) is 4.69. The summed E-state index contributed by atoms with van der Waals surface area (Å²) in [4.78, 5) is 0. The lowest BCUT2D eigenvalue weighted by Crippen LogP contribution is -2.46. The summed E-state index contributed by atoms with van der Waals surface area (Å²) in [5.74, 6) is 5.39. The Morgan fingerprint density at radius 3 is 2.58 bits per heavy atom. The standard InChI is InChI=1S/C12H20/c1-7-8(2)10-6-12(3)5-9(7)4-11(10)12/h7-11H,4-6H2,1-3H3. The van der Waals surface area contributed by atoms with Gasteiger partial charge in [0.2, 0.25) is 0 Å². The van der Waals surface area contributed by atoms with Gasteiger partial charge in [0.05, 0.1) is 0 Å². The van der Waals surface area contributed by atoms with Crippen LogP contribution in [0, 0.1) is 35.0 Å². The molecule has 0 aromatic carbocycles. The molecule has 0 radical (unpaired) electrons.